The van der Waals surface area contributed by atoms with Gasteiger partial charge in [-0.2, -0.15) is 0 Å². The molecular weight excluding hydrogens is 170 g/mol. The summed E-state index contributed by atoms with van der Waals surface area (Å²) in [5, 5.41) is 0.356. The molecule has 2 rings (SSSR count). The molecule has 1 aliphatic carbocycles. The van der Waals surface area contributed by atoms with Crippen LogP contribution in [0.25, 0.3) is 0 Å². The summed E-state index contributed by atoms with van der Waals surface area (Å²) in [7, 11) is 0. The monoisotopic (exact) mass is 183 g/mol. The first-order valence-electron chi connectivity index (χ1n) is 4.62. The summed E-state index contributed by atoms with van der Waals surface area (Å²) in [5.74, 6) is 0.670. The molecule has 2 aliphatic rings. The lowest BCUT2D eigenvalue weighted by Gasteiger charge is -2.31. The maximum Gasteiger partial charge on any atom is 0.0579 e. The van der Waals surface area contributed by atoms with Crippen molar-refractivity contribution in [3.8, 4) is 0 Å². The number of hydrogen-bond donors (Lipinski definition) is 0. The number of halogens is 1. The number of allylic oxidation sites excluding steroid dienone is 1. The van der Waals surface area contributed by atoms with Gasteiger partial charge in [-0.25, -0.2) is 0 Å². The Kier molecular flexibility index (Phi) is 2.22. The average molecular weight is 184 g/mol. The Labute approximate surface area is 78.5 Å². The summed E-state index contributed by atoms with van der Waals surface area (Å²) in [4.78, 5) is 4.60. The molecule has 1 aliphatic heterocycles. The maximum atomic E-state index is 6.09. The van der Waals surface area contributed by atoms with E-state index in [4.69, 9.17) is 11.6 Å². The van der Waals surface area contributed by atoms with E-state index < -0.39 is 0 Å². The molecule has 3 atom stereocenters. The predicted octanol–water partition coefficient (Wildman–Crippen LogP) is 2.79. The lowest BCUT2D eigenvalue weighted by atomic mass is 9.83. The second-order valence-electron chi connectivity index (χ2n) is 3.77. The summed E-state index contributed by atoms with van der Waals surface area (Å²) in [6, 6.07) is 0.478. The molecule has 0 bridgehead atoms. The molecule has 0 aromatic heterocycles. The Bertz CT molecular complexity index is 232. The van der Waals surface area contributed by atoms with Crippen molar-refractivity contribution in [1.82, 2.24) is 0 Å². The van der Waals surface area contributed by atoms with Gasteiger partial charge in [0.15, 0.2) is 0 Å². The van der Waals surface area contributed by atoms with Gasteiger partial charge < -0.3 is 0 Å². The number of dihydropyridines is 1. The molecule has 3 unspecified atom stereocenters. The minimum absolute atomic E-state index is 0.356. The van der Waals surface area contributed by atoms with Crippen LogP contribution >= 0.6 is 11.6 Å². The van der Waals surface area contributed by atoms with Crippen LogP contribution in [0.3, 0.4) is 0 Å². The molecule has 0 saturated heterocycles. The van der Waals surface area contributed by atoms with Gasteiger partial charge in [-0.15, -0.1) is 11.6 Å². The third kappa shape index (κ3) is 1.56. The van der Waals surface area contributed by atoms with Gasteiger partial charge in [0.05, 0.1) is 6.04 Å². The maximum absolute atomic E-state index is 6.09. The molecule has 1 fully saturated rings. The lowest BCUT2D eigenvalue weighted by molar-refractivity contribution is 0.365. The van der Waals surface area contributed by atoms with Crippen molar-refractivity contribution >= 4 is 17.3 Å². The number of fused-ring (bicyclic) bond motifs is 1. The van der Waals surface area contributed by atoms with E-state index in [-0.39, 0.29) is 0 Å². The van der Waals surface area contributed by atoms with Crippen molar-refractivity contribution < 1.29 is 0 Å². The van der Waals surface area contributed by atoms with Crippen molar-refractivity contribution in [2.75, 3.05) is 0 Å². The minimum Gasteiger partial charge on any atom is -0.286 e. The smallest absolute Gasteiger partial charge is 0.0579 e. The quantitative estimate of drug-likeness (QED) is 0.513. The summed E-state index contributed by atoms with van der Waals surface area (Å²) < 4.78 is 0. The molecule has 0 radical (unpaired) electrons. The van der Waals surface area contributed by atoms with Crippen LogP contribution in [0.1, 0.15) is 26.2 Å². The first-order chi connectivity index (χ1) is 5.75. The van der Waals surface area contributed by atoms with Crippen molar-refractivity contribution in [3.63, 3.8) is 0 Å². The minimum atomic E-state index is 0.356. The first-order valence-corrected chi connectivity index (χ1v) is 5.06. The van der Waals surface area contributed by atoms with Gasteiger partial charge in [-0.05, 0) is 38.2 Å². The molecule has 66 valence electrons. The zero-order valence-electron chi connectivity index (χ0n) is 7.33. The second-order valence-corrected chi connectivity index (χ2v) is 4.39. The van der Waals surface area contributed by atoms with E-state index in [1.807, 2.05) is 0 Å². The highest BCUT2D eigenvalue weighted by atomic mass is 35.5. The first kappa shape index (κ1) is 8.31. The molecule has 12 heavy (non-hydrogen) atoms. The van der Waals surface area contributed by atoms with Gasteiger partial charge >= 0.3 is 0 Å². The highest BCUT2D eigenvalue weighted by molar-refractivity contribution is 6.20. The van der Waals surface area contributed by atoms with E-state index >= 15 is 0 Å². The largest absolute Gasteiger partial charge is 0.286 e. The SMILES string of the molecule is CC1=NC2CC(Cl)CCC2C=C1. The highest BCUT2D eigenvalue weighted by Gasteiger charge is 2.28. The summed E-state index contributed by atoms with van der Waals surface area (Å²) >= 11 is 6.09. The molecule has 1 heterocycles. The predicted molar refractivity (Wildman–Crippen MR) is 53.0 cm³/mol. The van der Waals surface area contributed by atoms with Crippen LogP contribution in [0.5, 0.6) is 0 Å². The summed E-state index contributed by atoms with van der Waals surface area (Å²) in [6.07, 6.45) is 7.87. The van der Waals surface area contributed by atoms with Gasteiger partial charge in [0, 0.05) is 11.1 Å². The normalized spacial score (nSPS) is 40.5. The van der Waals surface area contributed by atoms with Gasteiger partial charge in [-0.1, -0.05) is 6.08 Å². The Hall–Kier alpha value is -0.300. The van der Waals surface area contributed by atoms with Crippen LogP contribution in [0, 0.1) is 5.92 Å². The fourth-order valence-electron chi connectivity index (χ4n) is 2.06. The number of aliphatic imine (C=N–C) groups is 1. The van der Waals surface area contributed by atoms with E-state index in [1.54, 1.807) is 0 Å². The summed E-state index contributed by atoms with van der Waals surface area (Å²) in [5.41, 5.74) is 1.15. The number of hydrogen-bond acceptors (Lipinski definition) is 1. The second kappa shape index (κ2) is 3.21. The molecule has 0 aromatic rings. The Morgan fingerprint density at radius 2 is 2.33 bits per heavy atom. The van der Waals surface area contributed by atoms with Crippen molar-refractivity contribution in [2.24, 2.45) is 10.9 Å². The third-order valence-electron chi connectivity index (χ3n) is 2.76. The molecule has 0 amide bonds. The van der Waals surface area contributed by atoms with E-state index in [0.29, 0.717) is 17.3 Å². The van der Waals surface area contributed by atoms with Crippen LogP contribution in [0.4, 0.5) is 0 Å². The van der Waals surface area contributed by atoms with Crippen LogP contribution in [0.15, 0.2) is 17.1 Å². The number of nitrogens with zero attached hydrogens (tertiary/aromatic N) is 1. The van der Waals surface area contributed by atoms with Crippen molar-refractivity contribution in [2.45, 2.75) is 37.6 Å². The van der Waals surface area contributed by atoms with Gasteiger partial charge in [0.25, 0.3) is 0 Å². The zero-order valence-corrected chi connectivity index (χ0v) is 8.09. The molecule has 1 saturated carbocycles. The van der Waals surface area contributed by atoms with Crippen LogP contribution in [-0.2, 0) is 0 Å². The van der Waals surface area contributed by atoms with Gasteiger partial charge in [-0.3, -0.25) is 4.99 Å². The Balaban J connectivity index is 2.11. The van der Waals surface area contributed by atoms with Crippen LogP contribution in [0.2, 0.25) is 0 Å². The van der Waals surface area contributed by atoms with E-state index in [1.165, 1.54) is 6.42 Å². The zero-order chi connectivity index (χ0) is 8.55. The molecule has 0 spiro atoms. The Morgan fingerprint density at radius 1 is 1.50 bits per heavy atom. The molecule has 0 N–H and O–H groups in total. The van der Waals surface area contributed by atoms with Crippen LogP contribution in [-0.4, -0.2) is 17.1 Å². The van der Waals surface area contributed by atoms with Gasteiger partial charge in [0.2, 0.25) is 0 Å². The topological polar surface area (TPSA) is 12.4 Å². The Morgan fingerprint density at radius 3 is 3.17 bits per heavy atom. The highest BCUT2D eigenvalue weighted by Crippen LogP contribution is 2.32. The van der Waals surface area contributed by atoms with E-state index in [2.05, 4.69) is 24.1 Å². The number of alkyl halides is 1. The number of rotatable bonds is 0. The fraction of sp³-hybridized carbons (Fsp3) is 0.700. The third-order valence-corrected chi connectivity index (χ3v) is 3.16. The molecule has 1 nitrogen and oxygen atoms in total. The van der Waals surface area contributed by atoms with Crippen LogP contribution < -0.4 is 0 Å². The molecule has 2 heteroatoms. The fourth-order valence-corrected chi connectivity index (χ4v) is 2.37. The van der Waals surface area contributed by atoms with E-state index in [0.717, 1.165) is 18.6 Å². The average Bonchev–Trinajstić information content (AvgIpc) is 2.03. The molecule has 0 aromatic carbocycles. The van der Waals surface area contributed by atoms with Crippen molar-refractivity contribution in [3.05, 3.63) is 12.2 Å². The van der Waals surface area contributed by atoms with E-state index in [9.17, 15) is 0 Å². The molecular formula is C10H14ClN. The standard InChI is InChI=1S/C10H14ClN/c1-7-2-3-8-4-5-9(11)6-10(8)12-7/h2-3,8-10H,4-6H2,1H3. The van der Waals surface area contributed by atoms with Gasteiger partial charge in [0.1, 0.15) is 0 Å². The summed E-state index contributed by atoms with van der Waals surface area (Å²) in [6.45, 7) is 2.06. The van der Waals surface area contributed by atoms with Crippen molar-refractivity contribution in [1.29, 1.82) is 0 Å². The lowest BCUT2D eigenvalue weighted by Crippen LogP contribution is -2.29.